The average molecular weight is 485 g/mol. The number of aliphatic imine (C=N–C) groups is 1. The average Bonchev–Trinajstić information content (AvgIpc) is 3.18. The molecule has 180 valence electrons. The van der Waals surface area contributed by atoms with E-state index in [0.717, 1.165) is 22.3 Å². The van der Waals surface area contributed by atoms with Crippen molar-refractivity contribution in [2.24, 2.45) is 10.7 Å². The van der Waals surface area contributed by atoms with Crippen LogP contribution in [0.5, 0.6) is 5.75 Å². The number of guanidine groups is 1. The normalized spacial score (nSPS) is 20.2. The summed E-state index contributed by atoms with van der Waals surface area (Å²) >= 11 is 0. The lowest BCUT2D eigenvalue weighted by Crippen LogP contribution is -2.45. The highest BCUT2D eigenvalue weighted by molar-refractivity contribution is 6.07. The maximum atomic E-state index is 14.2. The number of benzene rings is 4. The lowest BCUT2D eigenvalue weighted by molar-refractivity contribution is -0.133. The van der Waals surface area contributed by atoms with Crippen LogP contribution in [0.15, 0.2) is 108 Å². The Morgan fingerprint density at radius 2 is 1.68 bits per heavy atom. The molecule has 0 saturated carbocycles. The zero-order valence-electron chi connectivity index (χ0n) is 20.0. The summed E-state index contributed by atoms with van der Waals surface area (Å²) in [6.45, 7) is 7.72. The fourth-order valence-electron chi connectivity index (χ4n) is 5.18. The number of fused-ring (bicyclic) bond motifs is 2. The molecule has 1 spiro atoms. The van der Waals surface area contributed by atoms with E-state index in [-0.39, 0.29) is 18.0 Å². The number of rotatable bonds is 4. The van der Waals surface area contributed by atoms with Crippen LogP contribution in [0.25, 0.3) is 16.0 Å². The molecule has 1 amide bonds. The summed E-state index contributed by atoms with van der Waals surface area (Å²) in [4.78, 5) is 24.2. The zero-order chi connectivity index (χ0) is 25.4. The Morgan fingerprint density at radius 3 is 2.43 bits per heavy atom. The minimum absolute atomic E-state index is 0.161. The van der Waals surface area contributed by atoms with Crippen LogP contribution in [0.4, 0.5) is 5.69 Å². The third kappa shape index (κ3) is 3.91. The fraction of sp³-hybridized carbons (Fsp3) is 0.129. The Labute approximate surface area is 215 Å². The number of hydrogen-bond donors (Lipinski definition) is 1. The number of nitrogens with zero attached hydrogens (tertiary/aromatic N) is 3. The second-order valence-corrected chi connectivity index (χ2v) is 9.30. The van der Waals surface area contributed by atoms with Crippen LogP contribution in [0.3, 0.4) is 0 Å². The molecule has 4 aromatic carbocycles. The summed E-state index contributed by atoms with van der Waals surface area (Å²) in [7, 11) is 0. The molecule has 0 saturated heterocycles. The van der Waals surface area contributed by atoms with Gasteiger partial charge in [-0.05, 0) is 40.5 Å². The number of ether oxygens (including phenoxy) is 1. The molecule has 37 heavy (non-hydrogen) atoms. The predicted octanol–water partition coefficient (Wildman–Crippen LogP) is 5.98. The van der Waals surface area contributed by atoms with Crippen molar-refractivity contribution in [1.82, 2.24) is 4.90 Å². The van der Waals surface area contributed by atoms with E-state index >= 15 is 0 Å². The molecule has 6 heteroatoms. The van der Waals surface area contributed by atoms with Crippen LogP contribution in [0.1, 0.15) is 29.2 Å². The van der Waals surface area contributed by atoms with Gasteiger partial charge in [-0.1, -0.05) is 84.9 Å². The molecule has 0 fully saturated rings. The van der Waals surface area contributed by atoms with Crippen LogP contribution in [0, 0.1) is 6.57 Å². The second kappa shape index (κ2) is 8.96. The third-order valence-corrected chi connectivity index (χ3v) is 7.02. The van der Waals surface area contributed by atoms with Crippen molar-refractivity contribution < 1.29 is 9.53 Å². The van der Waals surface area contributed by atoms with Gasteiger partial charge in [0.15, 0.2) is 17.2 Å². The van der Waals surface area contributed by atoms with E-state index < -0.39 is 5.54 Å². The third-order valence-electron chi connectivity index (χ3n) is 7.02. The molecule has 4 aromatic rings. The molecule has 2 heterocycles. The first-order valence-electron chi connectivity index (χ1n) is 12.1. The summed E-state index contributed by atoms with van der Waals surface area (Å²) in [6, 6.07) is 32.9. The van der Waals surface area contributed by atoms with Crippen molar-refractivity contribution in [3.05, 3.63) is 131 Å². The van der Waals surface area contributed by atoms with E-state index in [0.29, 0.717) is 30.0 Å². The van der Waals surface area contributed by atoms with Gasteiger partial charge in [0.2, 0.25) is 0 Å². The first-order chi connectivity index (χ1) is 18.1. The van der Waals surface area contributed by atoms with Gasteiger partial charge >= 0.3 is 0 Å². The van der Waals surface area contributed by atoms with Crippen molar-refractivity contribution in [3.63, 3.8) is 0 Å². The molecule has 2 aliphatic heterocycles. The highest BCUT2D eigenvalue weighted by Gasteiger charge is 2.54. The monoisotopic (exact) mass is 484 g/mol. The maximum absolute atomic E-state index is 14.2. The molecule has 2 N–H and O–H groups in total. The van der Waals surface area contributed by atoms with E-state index in [1.54, 1.807) is 11.0 Å². The Morgan fingerprint density at radius 1 is 0.946 bits per heavy atom. The minimum atomic E-state index is -1.21. The SMILES string of the molecule is [C-]#[N+]c1cccc(-c2ccc3c(c2)[C@@]2(C[C@@H](c4ccccc4)O3)N=C(N)N(Cc3ccccc3)C2=O)c1. The number of hydrogen-bond acceptors (Lipinski definition) is 4. The Balaban J connectivity index is 1.47. The van der Waals surface area contributed by atoms with Gasteiger partial charge in [-0.25, -0.2) is 9.84 Å². The molecule has 6 nitrogen and oxygen atoms in total. The highest BCUT2D eigenvalue weighted by Crippen LogP contribution is 2.51. The molecule has 0 bridgehead atoms. The van der Waals surface area contributed by atoms with E-state index in [4.69, 9.17) is 22.0 Å². The summed E-state index contributed by atoms with van der Waals surface area (Å²) in [6.07, 6.45) is -0.0254. The van der Waals surface area contributed by atoms with Gasteiger partial charge in [-0.2, -0.15) is 0 Å². The van der Waals surface area contributed by atoms with Gasteiger partial charge in [-0.15, -0.1) is 0 Å². The van der Waals surface area contributed by atoms with Crippen LogP contribution in [-0.4, -0.2) is 16.8 Å². The minimum Gasteiger partial charge on any atom is -0.485 e. The van der Waals surface area contributed by atoms with E-state index in [1.807, 2.05) is 97.1 Å². The van der Waals surface area contributed by atoms with Crippen molar-refractivity contribution in [3.8, 4) is 16.9 Å². The Bertz CT molecular complexity index is 1560. The maximum Gasteiger partial charge on any atom is 0.262 e. The molecular formula is C31H24N4O2. The summed E-state index contributed by atoms with van der Waals surface area (Å²) in [5.74, 6) is 0.650. The summed E-state index contributed by atoms with van der Waals surface area (Å²) in [5.41, 5.74) is 10.2. The molecule has 0 aliphatic carbocycles. The van der Waals surface area contributed by atoms with E-state index in [2.05, 4.69) is 4.85 Å². The summed E-state index contributed by atoms with van der Waals surface area (Å²) in [5, 5.41) is 0. The van der Waals surface area contributed by atoms with Crippen LogP contribution in [0.2, 0.25) is 0 Å². The van der Waals surface area contributed by atoms with Crippen LogP contribution >= 0.6 is 0 Å². The smallest absolute Gasteiger partial charge is 0.262 e. The quantitative estimate of drug-likeness (QED) is 0.362. The van der Waals surface area contributed by atoms with Crippen molar-refractivity contribution in [2.45, 2.75) is 24.6 Å². The lowest BCUT2D eigenvalue weighted by Gasteiger charge is -2.37. The van der Waals surface area contributed by atoms with Crippen LogP contribution in [-0.2, 0) is 16.9 Å². The largest absolute Gasteiger partial charge is 0.485 e. The highest BCUT2D eigenvalue weighted by atomic mass is 16.5. The zero-order valence-corrected chi connectivity index (χ0v) is 20.0. The summed E-state index contributed by atoms with van der Waals surface area (Å²) < 4.78 is 6.45. The molecule has 0 unspecified atom stereocenters. The predicted molar refractivity (Wildman–Crippen MR) is 143 cm³/mol. The number of carbonyl (C=O) groups excluding carboxylic acids is 1. The van der Waals surface area contributed by atoms with Gasteiger partial charge in [0.1, 0.15) is 11.9 Å². The van der Waals surface area contributed by atoms with E-state index in [9.17, 15) is 4.79 Å². The van der Waals surface area contributed by atoms with Crippen molar-refractivity contribution in [2.75, 3.05) is 0 Å². The topological polar surface area (TPSA) is 72.3 Å². The molecule has 0 radical (unpaired) electrons. The molecule has 2 atom stereocenters. The Hall–Kier alpha value is -4.89. The molecular weight excluding hydrogens is 460 g/mol. The van der Waals surface area contributed by atoms with Crippen LogP contribution < -0.4 is 10.5 Å². The second-order valence-electron chi connectivity index (χ2n) is 9.30. The Kier molecular flexibility index (Phi) is 5.46. The van der Waals surface area contributed by atoms with Gasteiger partial charge in [0.25, 0.3) is 5.91 Å². The lowest BCUT2D eigenvalue weighted by atomic mass is 9.79. The number of carbonyl (C=O) groups is 1. The molecule has 2 aliphatic rings. The first kappa shape index (κ1) is 22.6. The van der Waals surface area contributed by atoms with E-state index in [1.165, 1.54) is 0 Å². The molecule has 0 aromatic heterocycles. The van der Waals surface area contributed by atoms with Gasteiger partial charge < -0.3 is 10.5 Å². The first-order valence-corrected chi connectivity index (χ1v) is 12.1. The van der Waals surface area contributed by atoms with Gasteiger partial charge in [0.05, 0.1) is 13.1 Å². The number of amides is 1. The number of nitrogens with two attached hydrogens (primary N) is 1. The van der Waals surface area contributed by atoms with Gasteiger partial charge in [-0.3, -0.25) is 9.69 Å². The standard InChI is InChI=1S/C31H24N4O2/c1-33-25-14-8-13-23(17-25)24-15-16-27-26(18-24)31(19-28(37-27)22-11-6-3-7-12-22)29(36)35(30(32)34-31)20-21-9-4-2-5-10-21/h2-18,28H,19-20H2,(H2,32,34)/t28-,31+/m0/s1. The van der Waals surface area contributed by atoms with Crippen molar-refractivity contribution in [1.29, 1.82) is 0 Å². The fourth-order valence-corrected chi connectivity index (χ4v) is 5.18. The van der Waals surface area contributed by atoms with Crippen molar-refractivity contribution >= 4 is 17.6 Å². The van der Waals surface area contributed by atoms with Gasteiger partial charge in [0, 0.05) is 12.0 Å². The molecule has 6 rings (SSSR count).